The van der Waals surface area contributed by atoms with E-state index in [1.54, 1.807) is 11.8 Å². The lowest BCUT2D eigenvalue weighted by molar-refractivity contribution is -0.163. The topological polar surface area (TPSA) is 51.7 Å². The van der Waals surface area contributed by atoms with Gasteiger partial charge in [0, 0.05) is 18.9 Å². The SMILES string of the molecule is CSCC(=O)N1CC2(C1)OCC[C@H]2CCOCc1cccc(C)n1. The number of likely N-dealkylation sites (tertiary alicyclic amines) is 1. The van der Waals surface area contributed by atoms with Gasteiger partial charge in [0.15, 0.2) is 0 Å². The molecule has 0 aliphatic carbocycles. The molecule has 0 aromatic carbocycles. The number of carbonyl (C=O) groups excluding carboxylic acids is 1. The summed E-state index contributed by atoms with van der Waals surface area (Å²) in [4.78, 5) is 18.3. The Morgan fingerprint density at radius 3 is 3.08 bits per heavy atom. The van der Waals surface area contributed by atoms with Crippen molar-refractivity contribution in [2.45, 2.75) is 32.0 Å². The largest absolute Gasteiger partial charge is 0.375 e. The lowest BCUT2D eigenvalue weighted by Gasteiger charge is -2.50. The number of carbonyl (C=O) groups is 1. The Morgan fingerprint density at radius 2 is 2.33 bits per heavy atom. The third-order valence-corrected chi connectivity index (χ3v) is 5.48. The molecule has 1 aromatic heterocycles. The second kappa shape index (κ2) is 7.85. The van der Waals surface area contributed by atoms with Crippen molar-refractivity contribution < 1.29 is 14.3 Å². The number of aromatic nitrogens is 1. The number of hydrogen-bond acceptors (Lipinski definition) is 5. The van der Waals surface area contributed by atoms with E-state index in [1.807, 2.05) is 36.3 Å². The molecule has 3 heterocycles. The number of nitrogens with zero attached hydrogens (tertiary/aromatic N) is 2. The highest BCUT2D eigenvalue weighted by molar-refractivity contribution is 7.99. The Labute approximate surface area is 148 Å². The number of ether oxygens (including phenoxy) is 2. The fourth-order valence-corrected chi connectivity index (χ4v) is 4.04. The van der Waals surface area contributed by atoms with Gasteiger partial charge < -0.3 is 14.4 Å². The van der Waals surface area contributed by atoms with Gasteiger partial charge in [-0.25, -0.2) is 0 Å². The molecule has 0 unspecified atom stereocenters. The number of thioether (sulfide) groups is 1. The van der Waals surface area contributed by atoms with E-state index >= 15 is 0 Å². The summed E-state index contributed by atoms with van der Waals surface area (Å²) in [6, 6.07) is 5.99. The van der Waals surface area contributed by atoms with E-state index in [0.717, 1.165) is 43.9 Å². The maximum absolute atomic E-state index is 11.9. The maximum atomic E-state index is 11.9. The predicted octanol–water partition coefficient (Wildman–Crippen LogP) is 2.28. The van der Waals surface area contributed by atoms with Gasteiger partial charge in [0.2, 0.25) is 5.91 Å². The van der Waals surface area contributed by atoms with Crippen LogP contribution in [-0.4, -0.2) is 59.7 Å². The normalized spacial score (nSPS) is 21.9. The van der Waals surface area contributed by atoms with Crippen molar-refractivity contribution in [3.63, 3.8) is 0 Å². The summed E-state index contributed by atoms with van der Waals surface area (Å²) in [5, 5.41) is 0. The summed E-state index contributed by atoms with van der Waals surface area (Å²) < 4.78 is 11.8. The van der Waals surface area contributed by atoms with Crippen LogP contribution < -0.4 is 0 Å². The molecule has 1 aromatic rings. The van der Waals surface area contributed by atoms with Crippen molar-refractivity contribution in [1.82, 2.24) is 9.88 Å². The summed E-state index contributed by atoms with van der Waals surface area (Å²) in [6.45, 7) is 5.55. The zero-order valence-corrected chi connectivity index (χ0v) is 15.3. The van der Waals surface area contributed by atoms with Crippen molar-refractivity contribution in [1.29, 1.82) is 0 Å². The second-order valence-corrected chi connectivity index (χ2v) is 7.56. The van der Waals surface area contributed by atoms with Crippen LogP contribution in [0.15, 0.2) is 18.2 Å². The Balaban J connectivity index is 1.42. The Bertz CT molecular complexity index is 575. The number of rotatable bonds is 7. The zero-order valence-electron chi connectivity index (χ0n) is 14.5. The molecule has 0 radical (unpaired) electrons. The molecule has 5 nitrogen and oxygen atoms in total. The van der Waals surface area contributed by atoms with E-state index < -0.39 is 0 Å². The molecule has 132 valence electrons. The van der Waals surface area contributed by atoms with E-state index in [1.165, 1.54) is 0 Å². The smallest absolute Gasteiger partial charge is 0.232 e. The summed E-state index contributed by atoms with van der Waals surface area (Å²) >= 11 is 1.58. The van der Waals surface area contributed by atoms with E-state index in [2.05, 4.69) is 4.98 Å². The second-order valence-electron chi connectivity index (χ2n) is 6.69. The highest BCUT2D eigenvalue weighted by Crippen LogP contribution is 2.41. The van der Waals surface area contributed by atoms with Gasteiger partial charge in [-0.15, -0.1) is 0 Å². The van der Waals surface area contributed by atoms with Gasteiger partial charge in [-0.2, -0.15) is 11.8 Å². The van der Waals surface area contributed by atoms with Gasteiger partial charge in [-0.3, -0.25) is 9.78 Å². The van der Waals surface area contributed by atoms with Crippen LogP contribution in [0.5, 0.6) is 0 Å². The van der Waals surface area contributed by atoms with Crippen molar-refractivity contribution in [2.75, 3.05) is 38.3 Å². The molecule has 6 heteroatoms. The molecule has 0 N–H and O–H groups in total. The first-order valence-corrected chi connectivity index (χ1v) is 9.93. The average Bonchev–Trinajstić information content (AvgIpc) is 2.94. The Hall–Kier alpha value is -1.11. The molecule has 0 bridgehead atoms. The van der Waals surface area contributed by atoms with Gasteiger partial charge in [0.05, 0.1) is 31.1 Å². The maximum Gasteiger partial charge on any atom is 0.232 e. The summed E-state index contributed by atoms with van der Waals surface area (Å²) in [5.41, 5.74) is 1.88. The lowest BCUT2D eigenvalue weighted by atomic mass is 9.79. The summed E-state index contributed by atoms with van der Waals surface area (Å²) in [7, 11) is 0. The van der Waals surface area contributed by atoms with Gasteiger partial charge in [0.25, 0.3) is 0 Å². The molecule has 1 amide bonds. The minimum atomic E-state index is -0.112. The van der Waals surface area contributed by atoms with Gasteiger partial charge in [-0.1, -0.05) is 6.07 Å². The fraction of sp³-hybridized carbons (Fsp3) is 0.667. The van der Waals surface area contributed by atoms with Gasteiger partial charge >= 0.3 is 0 Å². The van der Waals surface area contributed by atoms with Crippen LogP contribution >= 0.6 is 11.8 Å². The third kappa shape index (κ3) is 3.92. The van der Waals surface area contributed by atoms with Crippen LogP contribution in [0, 0.1) is 12.8 Å². The lowest BCUT2D eigenvalue weighted by Crippen LogP contribution is -2.66. The van der Waals surface area contributed by atoms with Crippen molar-refractivity contribution >= 4 is 17.7 Å². The third-order valence-electron chi connectivity index (χ3n) is 4.94. The Kier molecular flexibility index (Phi) is 5.79. The minimum Gasteiger partial charge on any atom is -0.375 e. The molecule has 2 aliphatic heterocycles. The van der Waals surface area contributed by atoms with Gasteiger partial charge in [-0.05, 0) is 44.1 Å². The predicted molar refractivity (Wildman–Crippen MR) is 95.0 cm³/mol. The number of hydrogen-bond donors (Lipinski definition) is 0. The number of pyridine rings is 1. The fourth-order valence-electron chi connectivity index (χ4n) is 3.62. The van der Waals surface area contributed by atoms with E-state index in [-0.39, 0.29) is 11.5 Å². The number of aryl methyl sites for hydroxylation is 1. The first-order valence-electron chi connectivity index (χ1n) is 8.54. The molecule has 1 spiro atoms. The molecule has 0 saturated carbocycles. The summed E-state index contributed by atoms with van der Waals surface area (Å²) in [6.07, 6.45) is 4.01. The van der Waals surface area contributed by atoms with Crippen LogP contribution in [-0.2, 0) is 20.9 Å². The van der Waals surface area contributed by atoms with Crippen LogP contribution in [0.1, 0.15) is 24.2 Å². The van der Waals surface area contributed by atoms with Crippen molar-refractivity contribution in [2.24, 2.45) is 5.92 Å². The molecule has 3 rings (SSSR count). The van der Waals surface area contributed by atoms with Gasteiger partial charge in [0.1, 0.15) is 5.60 Å². The molecule has 2 saturated heterocycles. The zero-order chi connectivity index (χ0) is 17.0. The van der Waals surface area contributed by atoms with E-state index in [0.29, 0.717) is 24.9 Å². The Morgan fingerprint density at radius 1 is 1.50 bits per heavy atom. The molecular formula is C18H26N2O3S. The highest BCUT2D eigenvalue weighted by Gasteiger charge is 2.53. The van der Waals surface area contributed by atoms with Crippen LogP contribution in [0.2, 0.25) is 0 Å². The standard InChI is InChI=1S/C18H26N2O3S/c1-14-4-3-5-16(19-14)10-22-8-6-15-7-9-23-18(15)12-20(13-18)17(21)11-24-2/h3-5,15H,6-13H2,1-2H3/t15-/m1/s1. The highest BCUT2D eigenvalue weighted by atomic mass is 32.2. The van der Waals surface area contributed by atoms with Crippen LogP contribution in [0.3, 0.4) is 0 Å². The van der Waals surface area contributed by atoms with Crippen molar-refractivity contribution in [3.8, 4) is 0 Å². The minimum absolute atomic E-state index is 0.112. The van der Waals surface area contributed by atoms with Crippen LogP contribution in [0.4, 0.5) is 0 Å². The summed E-state index contributed by atoms with van der Waals surface area (Å²) in [5.74, 6) is 1.28. The molecule has 1 atom stereocenters. The first kappa shape index (κ1) is 17.7. The van der Waals surface area contributed by atoms with Crippen LogP contribution in [0.25, 0.3) is 0 Å². The first-order chi connectivity index (χ1) is 11.6. The van der Waals surface area contributed by atoms with E-state index in [4.69, 9.17) is 9.47 Å². The molecule has 2 fully saturated rings. The number of amides is 1. The monoisotopic (exact) mass is 350 g/mol. The van der Waals surface area contributed by atoms with Crippen molar-refractivity contribution in [3.05, 3.63) is 29.6 Å². The molecular weight excluding hydrogens is 324 g/mol. The van der Waals surface area contributed by atoms with E-state index in [9.17, 15) is 4.79 Å². The molecule has 24 heavy (non-hydrogen) atoms. The average molecular weight is 350 g/mol. The quantitative estimate of drug-likeness (QED) is 0.706. The molecule has 2 aliphatic rings.